The first-order chi connectivity index (χ1) is 18.2. The zero-order chi connectivity index (χ0) is 27.1. The molecular weight excluding hydrogens is 510 g/mol. The lowest BCUT2D eigenvalue weighted by Crippen LogP contribution is -2.22. The molecule has 3 aromatic carbocycles. The van der Waals surface area contributed by atoms with Crippen LogP contribution in [-0.4, -0.2) is 17.8 Å². The van der Waals surface area contributed by atoms with E-state index in [1.165, 1.54) is 43.3 Å². The lowest BCUT2D eigenvalue weighted by Gasteiger charge is -2.29. The number of benzene rings is 3. The fraction of sp³-hybridized carbons (Fsp3) is 0.379. The highest BCUT2D eigenvalue weighted by Crippen LogP contribution is 2.40. The molecule has 3 nitrogen and oxygen atoms in total. The molecule has 0 spiro atoms. The molecule has 2 atom stereocenters. The highest BCUT2D eigenvalue weighted by Gasteiger charge is 2.32. The Balaban J connectivity index is 1.24. The van der Waals surface area contributed by atoms with E-state index < -0.39 is 47.1 Å². The lowest BCUT2D eigenvalue weighted by atomic mass is 9.82. The summed E-state index contributed by atoms with van der Waals surface area (Å²) in [6.07, 6.45) is -0.00555. The minimum Gasteiger partial charge on any atom is -0.389 e. The maximum absolute atomic E-state index is 15.1. The zero-order valence-corrected chi connectivity index (χ0v) is 20.5. The Hall–Kier alpha value is -2.88. The van der Waals surface area contributed by atoms with E-state index in [4.69, 9.17) is 9.47 Å². The topological polar surface area (TPSA) is 42.0 Å². The first-order valence-corrected chi connectivity index (χ1v) is 12.5. The van der Waals surface area contributed by atoms with Crippen molar-refractivity contribution < 1.29 is 40.9 Å². The number of epoxide rings is 1. The van der Waals surface area contributed by atoms with Crippen LogP contribution in [0.3, 0.4) is 0 Å². The van der Waals surface area contributed by atoms with E-state index in [1.54, 1.807) is 0 Å². The van der Waals surface area contributed by atoms with Crippen LogP contribution in [0.2, 0.25) is 0 Å². The van der Waals surface area contributed by atoms with Crippen molar-refractivity contribution in [2.75, 3.05) is 6.61 Å². The number of ether oxygens (including phenoxy) is 2. The Labute approximate surface area is 216 Å². The van der Waals surface area contributed by atoms with Gasteiger partial charge in [-0.1, -0.05) is 36.4 Å². The fourth-order valence-electron chi connectivity index (χ4n) is 5.12. The van der Waals surface area contributed by atoms with Gasteiger partial charge in [0.05, 0.1) is 25.4 Å². The number of aliphatic hydroxyl groups excluding tert-OH is 1. The first kappa shape index (κ1) is 26.7. The SMILES string of the molecule is CC(O)c1ccc(COC2CCC(c3ccc(-c4ccc(C5CO5)c(F)c4F)c(F)c3F)CC2)c(F)c1F. The third-order valence-corrected chi connectivity index (χ3v) is 7.43. The van der Waals surface area contributed by atoms with Crippen LogP contribution in [0.1, 0.15) is 73.0 Å². The first-order valence-electron chi connectivity index (χ1n) is 12.5. The van der Waals surface area contributed by atoms with Gasteiger partial charge in [0, 0.05) is 27.8 Å². The van der Waals surface area contributed by atoms with E-state index in [-0.39, 0.29) is 58.6 Å². The second-order valence-corrected chi connectivity index (χ2v) is 9.89. The molecule has 1 N–H and O–H groups in total. The van der Waals surface area contributed by atoms with E-state index in [0.29, 0.717) is 25.7 Å². The van der Waals surface area contributed by atoms with Gasteiger partial charge >= 0.3 is 0 Å². The van der Waals surface area contributed by atoms with Gasteiger partial charge in [0.1, 0.15) is 6.10 Å². The van der Waals surface area contributed by atoms with E-state index in [0.717, 1.165) is 0 Å². The maximum atomic E-state index is 15.1. The molecule has 1 heterocycles. The molecule has 3 aromatic rings. The highest BCUT2D eigenvalue weighted by molar-refractivity contribution is 5.66. The van der Waals surface area contributed by atoms with Crippen LogP contribution in [0.15, 0.2) is 36.4 Å². The number of aliphatic hydroxyl groups is 1. The molecule has 1 saturated carbocycles. The molecule has 38 heavy (non-hydrogen) atoms. The van der Waals surface area contributed by atoms with Gasteiger partial charge < -0.3 is 14.6 Å². The van der Waals surface area contributed by atoms with Crippen LogP contribution >= 0.6 is 0 Å². The Morgan fingerprint density at radius 2 is 1.34 bits per heavy atom. The number of halogens is 6. The fourth-order valence-corrected chi connectivity index (χ4v) is 5.12. The molecule has 5 rings (SSSR count). The predicted molar refractivity (Wildman–Crippen MR) is 127 cm³/mol. The van der Waals surface area contributed by atoms with Crippen LogP contribution in [0.5, 0.6) is 0 Å². The zero-order valence-electron chi connectivity index (χ0n) is 20.5. The molecule has 1 saturated heterocycles. The average Bonchev–Trinajstić information content (AvgIpc) is 3.74. The van der Waals surface area contributed by atoms with Crippen LogP contribution in [0, 0.1) is 34.9 Å². The van der Waals surface area contributed by atoms with Gasteiger partial charge in [0.2, 0.25) is 0 Å². The van der Waals surface area contributed by atoms with Crippen molar-refractivity contribution >= 4 is 0 Å². The molecule has 0 amide bonds. The van der Waals surface area contributed by atoms with Gasteiger partial charge in [0.25, 0.3) is 0 Å². The van der Waals surface area contributed by atoms with Crippen molar-refractivity contribution in [1.82, 2.24) is 0 Å². The van der Waals surface area contributed by atoms with Crippen molar-refractivity contribution in [3.63, 3.8) is 0 Å². The maximum Gasteiger partial charge on any atom is 0.167 e. The Kier molecular flexibility index (Phi) is 7.53. The largest absolute Gasteiger partial charge is 0.389 e. The summed E-state index contributed by atoms with van der Waals surface area (Å²) in [4.78, 5) is 0. The summed E-state index contributed by atoms with van der Waals surface area (Å²) in [5.74, 6) is -7.21. The molecule has 202 valence electrons. The quantitative estimate of drug-likeness (QED) is 0.250. The van der Waals surface area contributed by atoms with Gasteiger partial charge in [-0.15, -0.1) is 0 Å². The smallest absolute Gasteiger partial charge is 0.167 e. The van der Waals surface area contributed by atoms with Gasteiger partial charge in [-0.3, -0.25) is 0 Å². The summed E-state index contributed by atoms with van der Waals surface area (Å²) in [7, 11) is 0. The third-order valence-electron chi connectivity index (χ3n) is 7.43. The molecule has 1 aliphatic heterocycles. The Bertz CT molecular complexity index is 1350. The number of hydrogen-bond acceptors (Lipinski definition) is 3. The van der Waals surface area contributed by atoms with Crippen LogP contribution in [-0.2, 0) is 16.1 Å². The van der Waals surface area contributed by atoms with Crippen molar-refractivity contribution in [3.05, 3.63) is 93.6 Å². The van der Waals surface area contributed by atoms with E-state index in [2.05, 4.69) is 0 Å². The predicted octanol–water partition coefficient (Wildman–Crippen LogP) is 7.56. The summed E-state index contributed by atoms with van der Waals surface area (Å²) in [6.45, 7) is 1.46. The van der Waals surface area contributed by atoms with Gasteiger partial charge in [-0.25, -0.2) is 26.3 Å². The lowest BCUT2D eigenvalue weighted by molar-refractivity contribution is 0.0116. The van der Waals surface area contributed by atoms with Crippen molar-refractivity contribution in [2.24, 2.45) is 0 Å². The molecular formula is C29H26F6O3. The van der Waals surface area contributed by atoms with Crippen molar-refractivity contribution in [2.45, 2.75) is 63.4 Å². The molecule has 0 aromatic heterocycles. The second-order valence-electron chi connectivity index (χ2n) is 9.89. The Morgan fingerprint density at radius 3 is 1.92 bits per heavy atom. The van der Waals surface area contributed by atoms with Crippen molar-refractivity contribution in [3.8, 4) is 11.1 Å². The van der Waals surface area contributed by atoms with Gasteiger partial charge in [-0.05, 0) is 44.1 Å². The summed E-state index contributed by atoms with van der Waals surface area (Å²) in [6, 6.07) is 7.89. The van der Waals surface area contributed by atoms with E-state index >= 15 is 8.78 Å². The van der Waals surface area contributed by atoms with E-state index in [1.807, 2.05) is 0 Å². The monoisotopic (exact) mass is 536 g/mol. The van der Waals surface area contributed by atoms with E-state index in [9.17, 15) is 22.7 Å². The molecule has 0 bridgehead atoms. The number of hydrogen-bond donors (Lipinski definition) is 1. The second kappa shape index (κ2) is 10.7. The molecule has 2 unspecified atom stereocenters. The summed E-state index contributed by atoms with van der Waals surface area (Å²) in [5, 5.41) is 9.51. The minimum atomic E-state index is -1.25. The van der Waals surface area contributed by atoms with Crippen LogP contribution in [0.4, 0.5) is 26.3 Å². The molecule has 2 aliphatic rings. The normalized spacial score (nSPS) is 21.9. The van der Waals surface area contributed by atoms with Gasteiger partial charge in [-0.2, -0.15) is 0 Å². The third kappa shape index (κ3) is 5.07. The minimum absolute atomic E-state index is 0.0269. The molecule has 9 heteroatoms. The van der Waals surface area contributed by atoms with Crippen LogP contribution in [0.25, 0.3) is 11.1 Å². The van der Waals surface area contributed by atoms with Crippen LogP contribution < -0.4 is 0 Å². The highest BCUT2D eigenvalue weighted by atomic mass is 19.2. The summed E-state index contributed by atoms with van der Waals surface area (Å²) < 4.78 is 98.3. The standard InChI is InChI=1S/C29H26F6O3/c1-14(36)18-7-4-16(24(30)25(18)31)12-37-17-5-2-15(3-6-17)19-8-9-20(27(33)26(19)32)21-10-11-22(23-13-38-23)29(35)28(21)34/h4,7-11,14-15,17,23,36H,2-3,5-6,12-13H2,1H3. The average molecular weight is 537 g/mol. The summed E-state index contributed by atoms with van der Waals surface area (Å²) >= 11 is 0. The van der Waals surface area contributed by atoms with Crippen molar-refractivity contribution in [1.29, 1.82) is 0 Å². The molecule has 2 fully saturated rings. The van der Waals surface area contributed by atoms with Gasteiger partial charge in [0.15, 0.2) is 34.9 Å². The Morgan fingerprint density at radius 1 is 0.763 bits per heavy atom. The molecule has 0 radical (unpaired) electrons. The number of rotatable bonds is 7. The summed E-state index contributed by atoms with van der Waals surface area (Å²) in [5.41, 5.74) is -0.637. The molecule has 1 aliphatic carbocycles.